The van der Waals surface area contributed by atoms with Crippen molar-refractivity contribution in [2.45, 2.75) is 46.1 Å². The fourth-order valence-corrected chi connectivity index (χ4v) is 2.47. The molecule has 1 unspecified atom stereocenters. The molecule has 2 N–H and O–H groups in total. The number of aryl methyl sites for hydroxylation is 1. The fourth-order valence-electron chi connectivity index (χ4n) is 1.74. The number of hydrogen-bond donors (Lipinski definition) is 2. The van der Waals surface area contributed by atoms with Gasteiger partial charge in [-0.2, -0.15) is 11.8 Å². The summed E-state index contributed by atoms with van der Waals surface area (Å²) >= 11 is 1.86. The first-order valence-corrected chi connectivity index (χ1v) is 8.50. The minimum Gasteiger partial charge on any atom is -0.370 e. The van der Waals surface area contributed by atoms with Gasteiger partial charge in [0.1, 0.15) is 17.5 Å². The number of aromatic nitrogens is 2. The first kappa shape index (κ1) is 16.1. The lowest BCUT2D eigenvalue weighted by Crippen LogP contribution is -2.22. The highest BCUT2D eigenvalue weighted by Crippen LogP contribution is 2.15. The lowest BCUT2D eigenvalue weighted by Gasteiger charge is -2.17. The van der Waals surface area contributed by atoms with E-state index in [9.17, 15) is 0 Å². The molecule has 0 spiro atoms. The maximum absolute atomic E-state index is 4.56. The van der Waals surface area contributed by atoms with Crippen LogP contribution in [0.2, 0.25) is 0 Å². The molecule has 108 valence electrons. The molecule has 1 aromatic rings. The summed E-state index contributed by atoms with van der Waals surface area (Å²) in [6.07, 6.45) is 5.19. The highest BCUT2D eigenvalue weighted by atomic mass is 32.2. The van der Waals surface area contributed by atoms with Crippen LogP contribution in [0.1, 0.15) is 39.4 Å². The van der Waals surface area contributed by atoms with E-state index in [0.717, 1.165) is 49.0 Å². The second-order valence-electron chi connectivity index (χ2n) is 4.54. The lowest BCUT2D eigenvalue weighted by molar-refractivity contribution is 0.765. The molecular weight excluding hydrogens is 256 g/mol. The minimum absolute atomic E-state index is 0.466. The van der Waals surface area contributed by atoms with E-state index >= 15 is 0 Å². The number of hydrogen-bond acceptors (Lipinski definition) is 5. The first-order valence-electron chi connectivity index (χ1n) is 7.10. The van der Waals surface area contributed by atoms with E-state index in [0.29, 0.717) is 6.04 Å². The number of rotatable bonds is 9. The van der Waals surface area contributed by atoms with Gasteiger partial charge in [-0.05, 0) is 19.1 Å². The van der Waals surface area contributed by atoms with Crippen molar-refractivity contribution < 1.29 is 0 Å². The van der Waals surface area contributed by atoms with Crippen molar-refractivity contribution in [3.05, 3.63) is 11.9 Å². The zero-order valence-electron chi connectivity index (χ0n) is 12.5. The summed E-state index contributed by atoms with van der Waals surface area (Å²) in [7, 11) is 0. The van der Waals surface area contributed by atoms with Gasteiger partial charge in [-0.1, -0.05) is 20.8 Å². The average molecular weight is 282 g/mol. The Morgan fingerprint density at radius 3 is 2.53 bits per heavy atom. The third kappa shape index (κ3) is 5.68. The molecule has 0 aliphatic rings. The average Bonchev–Trinajstić information content (AvgIpc) is 2.44. The van der Waals surface area contributed by atoms with Gasteiger partial charge in [0, 0.05) is 30.8 Å². The maximum Gasteiger partial charge on any atom is 0.132 e. The minimum atomic E-state index is 0.466. The van der Waals surface area contributed by atoms with E-state index in [1.165, 1.54) is 0 Å². The van der Waals surface area contributed by atoms with E-state index in [1.54, 1.807) is 0 Å². The van der Waals surface area contributed by atoms with Crippen molar-refractivity contribution in [1.29, 1.82) is 0 Å². The van der Waals surface area contributed by atoms with Gasteiger partial charge in [0.15, 0.2) is 0 Å². The second-order valence-corrected chi connectivity index (χ2v) is 5.45. The van der Waals surface area contributed by atoms with Crippen LogP contribution in [0.5, 0.6) is 0 Å². The Morgan fingerprint density at radius 2 is 1.95 bits per heavy atom. The van der Waals surface area contributed by atoms with E-state index in [1.807, 2.05) is 17.8 Å². The van der Waals surface area contributed by atoms with Crippen LogP contribution in [0.3, 0.4) is 0 Å². The molecule has 0 aromatic carbocycles. The molecule has 0 bridgehead atoms. The van der Waals surface area contributed by atoms with Crippen molar-refractivity contribution in [2.24, 2.45) is 0 Å². The maximum atomic E-state index is 4.56. The topological polar surface area (TPSA) is 49.8 Å². The van der Waals surface area contributed by atoms with Gasteiger partial charge in [0.2, 0.25) is 0 Å². The van der Waals surface area contributed by atoms with Crippen molar-refractivity contribution in [2.75, 3.05) is 29.2 Å². The largest absolute Gasteiger partial charge is 0.370 e. The smallest absolute Gasteiger partial charge is 0.132 e. The molecule has 1 aromatic heterocycles. The van der Waals surface area contributed by atoms with Crippen LogP contribution in [-0.4, -0.2) is 34.6 Å². The first-order chi connectivity index (χ1) is 9.23. The van der Waals surface area contributed by atoms with Crippen LogP contribution in [0.25, 0.3) is 0 Å². The van der Waals surface area contributed by atoms with Crippen molar-refractivity contribution >= 4 is 23.4 Å². The molecule has 0 aliphatic heterocycles. The normalized spacial score (nSPS) is 12.2. The number of thioether (sulfide) groups is 1. The van der Waals surface area contributed by atoms with E-state index in [4.69, 9.17) is 0 Å². The number of anilines is 2. The van der Waals surface area contributed by atoms with Gasteiger partial charge in [-0.25, -0.2) is 9.97 Å². The van der Waals surface area contributed by atoms with Crippen molar-refractivity contribution in [1.82, 2.24) is 9.97 Å². The summed E-state index contributed by atoms with van der Waals surface area (Å²) in [5.41, 5.74) is 0. The van der Waals surface area contributed by atoms with Crippen LogP contribution in [0, 0.1) is 0 Å². The van der Waals surface area contributed by atoms with Crippen LogP contribution >= 0.6 is 11.8 Å². The molecule has 0 fully saturated rings. The number of nitrogens with one attached hydrogen (secondary N) is 2. The van der Waals surface area contributed by atoms with E-state index in [-0.39, 0.29) is 0 Å². The molecule has 0 aliphatic carbocycles. The predicted octanol–water partition coefficient (Wildman–Crippen LogP) is 3.41. The Morgan fingerprint density at radius 1 is 1.21 bits per heavy atom. The predicted molar refractivity (Wildman–Crippen MR) is 86.3 cm³/mol. The Hall–Kier alpha value is -0.970. The highest BCUT2D eigenvalue weighted by molar-refractivity contribution is 7.98. The molecule has 0 saturated carbocycles. The zero-order chi connectivity index (χ0) is 14.1. The SMILES string of the molecule is CCCNc1cc(NC(CC)CSC)nc(CC)n1. The quantitative estimate of drug-likeness (QED) is 0.727. The van der Waals surface area contributed by atoms with Gasteiger partial charge in [0.05, 0.1) is 0 Å². The van der Waals surface area contributed by atoms with Crippen LogP contribution in [0.4, 0.5) is 11.6 Å². The molecule has 0 saturated heterocycles. The summed E-state index contributed by atoms with van der Waals surface area (Å²) in [6.45, 7) is 7.38. The fraction of sp³-hybridized carbons (Fsp3) is 0.714. The Labute approximate surface area is 121 Å². The third-order valence-corrected chi connectivity index (χ3v) is 3.59. The van der Waals surface area contributed by atoms with Crippen LogP contribution < -0.4 is 10.6 Å². The lowest BCUT2D eigenvalue weighted by atomic mass is 10.2. The molecule has 4 nitrogen and oxygen atoms in total. The summed E-state index contributed by atoms with van der Waals surface area (Å²) in [4.78, 5) is 9.06. The number of nitrogens with zero attached hydrogens (tertiary/aromatic N) is 2. The Kier molecular flexibility index (Phi) is 7.63. The van der Waals surface area contributed by atoms with Gasteiger partial charge < -0.3 is 10.6 Å². The van der Waals surface area contributed by atoms with E-state index < -0.39 is 0 Å². The van der Waals surface area contributed by atoms with Gasteiger partial charge >= 0.3 is 0 Å². The van der Waals surface area contributed by atoms with E-state index in [2.05, 4.69) is 47.6 Å². The molecule has 1 heterocycles. The summed E-state index contributed by atoms with van der Waals surface area (Å²) < 4.78 is 0. The molecule has 19 heavy (non-hydrogen) atoms. The van der Waals surface area contributed by atoms with Crippen molar-refractivity contribution in [3.63, 3.8) is 0 Å². The summed E-state index contributed by atoms with van der Waals surface area (Å²) in [6, 6.07) is 2.48. The summed E-state index contributed by atoms with van der Waals surface area (Å²) in [5, 5.41) is 6.85. The van der Waals surface area contributed by atoms with Crippen molar-refractivity contribution in [3.8, 4) is 0 Å². The van der Waals surface area contributed by atoms with Crippen LogP contribution in [-0.2, 0) is 6.42 Å². The van der Waals surface area contributed by atoms with Gasteiger partial charge in [-0.3, -0.25) is 0 Å². The molecule has 0 amide bonds. The highest BCUT2D eigenvalue weighted by Gasteiger charge is 2.08. The molecule has 1 rings (SSSR count). The monoisotopic (exact) mass is 282 g/mol. The Balaban J connectivity index is 2.80. The third-order valence-electron chi connectivity index (χ3n) is 2.86. The second kappa shape index (κ2) is 9.02. The van der Waals surface area contributed by atoms with Gasteiger partial charge in [-0.15, -0.1) is 0 Å². The Bertz CT molecular complexity index is 370. The van der Waals surface area contributed by atoms with Crippen LogP contribution in [0.15, 0.2) is 6.07 Å². The molecule has 5 heteroatoms. The molecule has 1 atom stereocenters. The zero-order valence-corrected chi connectivity index (χ0v) is 13.3. The molecular formula is C14H26N4S. The van der Waals surface area contributed by atoms with Gasteiger partial charge in [0.25, 0.3) is 0 Å². The standard InChI is InChI=1S/C14H26N4S/c1-5-8-15-13-9-14(18-12(7-3)17-13)16-11(6-2)10-19-4/h9,11H,5-8,10H2,1-4H3,(H2,15,16,17,18). The summed E-state index contributed by atoms with van der Waals surface area (Å²) in [5.74, 6) is 3.85. The molecule has 0 radical (unpaired) electrons.